The number of allylic oxidation sites excluding steroid dienone is 1. The predicted octanol–water partition coefficient (Wildman–Crippen LogP) is 4.30. The van der Waals surface area contributed by atoms with E-state index in [2.05, 4.69) is 30.4 Å². The Hall–Kier alpha value is -2.10. The number of ketones is 1. The summed E-state index contributed by atoms with van der Waals surface area (Å²) in [6.45, 7) is 4.31. The molecule has 1 fully saturated rings. The van der Waals surface area contributed by atoms with Gasteiger partial charge in [-0.1, -0.05) is 43.0 Å². The molecule has 0 radical (unpaired) electrons. The molecule has 0 unspecified atom stereocenters. The number of nitrogens with zero attached hydrogens (tertiary/aromatic N) is 1. The summed E-state index contributed by atoms with van der Waals surface area (Å²) < 4.78 is 0. The molecule has 3 rings (SSSR count). The molecule has 0 bridgehead atoms. The molecule has 1 aliphatic carbocycles. The molecule has 1 aromatic carbocycles. The Kier molecular flexibility index (Phi) is 5.26. The molecule has 25 heavy (non-hydrogen) atoms. The zero-order chi connectivity index (χ0) is 17.9. The molecule has 1 aromatic rings. The van der Waals surface area contributed by atoms with Crippen LogP contribution >= 0.6 is 0 Å². The number of carbonyl (C=O) groups excluding carboxylic acids is 1. The lowest BCUT2D eigenvalue weighted by Gasteiger charge is -2.36. The van der Waals surface area contributed by atoms with E-state index in [9.17, 15) is 4.79 Å². The highest BCUT2D eigenvalue weighted by atomic mass is 16.4. The van der Waals surface area contributed by atoms with E-state index in [1.165, 1.54) is 24.6 Å². The van der Waals surface area contributed by atoms with Crippen molar-refractivity contribution in [3.05, 3.63) is 41.0 Å². The van der Waals surface area contributed by atoms with E-state index in [1.54, 1.807) is 0 Å². The SMILES string of the molecule is CC1(C)Cc2ccc(C=NO)cc2/C(=C/C(=O)C2CCCCCC2)N1. The quantitative estimate of drug-likeness (QED) is 0.283. The number of hydrogen-bond donors (Lipinski definition) is 2. The average Bonchev–Trinajstić information content (AvgIpc) is 2.84. The summed E-state index contributed by atoms with van der Waals surface area (Å²) in [6, 6.07) is 6.01. The summed E-state index contributed by atoms with van der Waals surface area (Å²) in [4.78, 5) is 12.9. The van der Waals surface area contributed by atoms with Gasteiger partial charge in [0.2, 0.25) is 0 Å². The Balaban J connectivity index is 1.94. The normalized spacial score (nSPS) is 22.4. The Labute approximate surface area is 150 Å². The second kappa shape index (κ2) is 7.42. The molecule has 4 heteroatoms. The van der Waals surface area contributed by atoms with Crippen LogP contribution in [0.1, 0.15) is 69.1 Å². The van der Waals surface area contributed by atoms with Gasteiger partial charge in [0.25, 0.3) is 0 Å². The molecule has 2 aliphatic rings. The minimum absolute atomic E-state index is 0.0881. The van der Waals surface area contributed by atoms with Crippen molar-refractivity contribution in [2.45, 2.75) is 64.3 Å². The molecule has 1 saturated carbocycles. The summed E-state index contributed by atoms with van der Waals surface area (Å²) in [5.41, 5.74) is 3.90. The maximum atomic E-state index is 12.9. The summed E-state index contributed by atoms with van der Waals surface area (Å²) in [5.74, 6) is 0.404. The highest BCUT2D eigenvalue weighted by Gasteiger charge is 2.29. The number of fused-ring (bicyclic) bond motifs is 1. The Morgan fingerprint density at radius 1 is 1.24 bits per heavy atom. The fraction of sp³-hybridized carbons (Fsp3) is 0.524. The monoisotopic (exact) mass is 340 g/mol. The van der Waals surface area contributed by atoms with E-state index in [4.69, 9.17) is 5.21 Å². The van der Waals surface area contributed by atoms with Crippen LogP contribution in [0.3, 0.4) is 0 Å². The van der Waals surface area contributed by atoms with Crippen LogP contribution in [0.25, 0.3) is 5.70 Å². The van der Waals surface area contributed by atoms with E-state index >= 15 is 0 Å². The Bertz CT molecular complexity index is 696. The lowest BCUT2D eigenvalue weighted by atomic mass is 9.84. The van der Waals surface area contributed by atoms with Crippen LogP contribution in [-0.4, -0.2) is 22.7 Å². The van der Waals surface area contributed by atoms with E-state index in [0.717, 1.165) is 48.9 Å². The molecule has 1 heterocycles. The van der Waals surface area contributed by atoms with Crippen LogP contribution in [0.2, 0.25) is 0 Å². The lowest BCUT2D eigenvalue weighted by Crippen LogP contribution is -2.44. The smallest absolute Gasteiger partial charge is 0.160 e. The lowest BCUT2D eigenvalue weighted by molar-refractivity contribution is -0.118. The van der Waals surface area contributed by atoms with Crippen LogP contribution in [0.4, 0.5) is 0 Å². The molecule has 0 amide bonds. The molecule has 0 aromatic heterocycles. The molecule has 134 valence electrons. The van der Waals surface area contributed by atoms with Crippen LogP contribution in [-0.2, 0) is 11.2 Å². The topological polar surface area (TPSA) is 61.7 Å². The van der Waals surface area contributed by atoms with Gasteiger partial charge in [-0.2, -0.15) is 0 Å². The van der Waals surface area contributed by atoms with Crippen LogP contribution < -0.4 is 5.32 Å². The van der Waals surface area contributed by atoms with E-state index in [1.807, 2.05) is 18.2 Å². The minimum atomic E-state index is -0.0881. The maximum absolute atomic E-state index is 12.9. The van der Waals surface area contributed by atoms with E-state index in [-0.39, 0.29) is 17.2 Å². The minimum Gasteiger partial charge on any atom is -0.411 e. The van der Waals surface area contributed by atoms with Gasteiger partial charge in [0.15, 0.2) is 5.78 Å². The van der Waals surface area contributed by atoms with Gasteiger partial charge in [0.05, 0.1) is 6.21 Å². The van der Waals surface area contributed by atoms with Crippen molar-refractivity contribution >= 4 is 17.7 Å². The Morgan fingerprint density at radius 3 is 2.64 bits per heavy atom. The molecule has 0 spiro atoms. The highest BCUT2D eigenvalue weighted by Crippen LogP contribution is 2.31. The van der Waals surface area contributed by atoms with Gasteiger partial charge < -0.3 is 10.5 Å². The molecule has 0 saturated heterocycles. The average molecular weight is 340 g/mol. The number of oxime groups is 1. The van der Waals surface area contributed by atoms with Gasteiger partial charge in [0, 0.05) is 28.8 Å². The van der Waals surface area contributed by atoms with Crippen LogP contribution in [0.5, 0.6) is 0 Å². The number of benzene rings is 1. The molecule has 2 N–H and O–H groups in total. The van der Waals surface area contributed by atoms with E-state index in [0.29, 0.717) is 0 Å². The van der Waals surface area contributed by atoms with Gasteiger partial charge in [-0.3, -0.25) is 4.79 Å². The van der Waals surface area contributed by atoms with Crippen molar-refractivity contribution < 1.29 is 10.0 Å². The Morgan fingerprint density at radius 2 is 1.96 bits per heavy atom. The first-order chi connectivity index (χ1) is 12.0. The summed E-state index contributed by atoms with van der Waals surface area (Å²) in [6.07, 6.45) is 11.0. The van der Waals surface area contributed by atoms with Crippen molar-refractivity contribution in [1.29, 1.82) is 0 Å². The van der Waals surface area contributed by atoms with Gasteiger partial charge in [0.1, 0.15) is 0 Å². The number of nitrogens with one attached hydrogen (secondary N) is 1. The first-order valence-electron chi connectivity index (χ1n) is 9.33. The van der Waals surface area contributed by atoms with Crippen molar-refractivity contribution in [2.75, 3.05) is 0 Å². The number of rotatable bonds is 3. The first-order valence-corrected chi connectivity index (χ1v) is 9.33. The third-order valence-corrected chi connectivity index (χ3v) is 5.28. The zero-order valence-corrected chi connectivity index (χ0v) is 15.2. The standard InChI is InChI=1S/C21H28N2O2/c1-21(2)13-17-10-9-15(14-22-25)11-18(17)19(23-21)12-20(24)16-7-5-3-4-6-8-16/h9-12,14,16,23,25H,3-8,13H2,1-2H3/b19-12-,22-14?. The van der Waals surface area contributed by atoms with Crippen LogP contribution in [0.15, 0.2) is 29.4 Å². The highest BCUT2D eigenvalue weighted by molar-refractivity contribution is 5.99. The zero-order valence-electron chi connectivity index (χ0n) is 15.2. The second-order valence-electron chi connectivity index (χ2n) is 8.00. The third kappa shape index (κ3) is 4.30. The van der Waals surface area contributed by atoms with Crippen molar-refractivity contribution in [2.24, 2.45) is 11.1 Å². The van der Waals surface area contributed by atoms with Crippen molar-refractivity contribution in [3.63, 3.8) is 0 Å². The van der Waals surface area contributed by atoms with E-state index < -0.39 is 0 Å². The fourth-order valence-electron chi connectivity index (χ4n) is 4.04. The third-order valence-electron chi connectivity index (χ3n) is 5.28. The molecular formula is C21H28N2O2. The van der Waals surface area contributed by atoms with Crippen molar-refractivity contribution in [1.82, 2.24) is 5.32 Å². The molecular weight excluding hydrogens is 312 g/mol. The molecule has 4 nitrogen and oxygen atoms in total. The summed E-state index contributed by atoms with van der Waals surface area (Å²) >= 11 is 0. The molecule has 1 aliphatic heterocycles. The largest absolute Gasteiger partial charge is 0.411 e. The predicted molar refractivity (Wildman–Crippen MR) is 101 cm³/mol. The van der Waals surface area contributed by atoms with Gasteiger partial charge >= 0.3 is 0 Å². The number of hydrogen-bond acceptors (Lipinski definition) is 4. The second-order valence-corrected chi connectivity index (χ2v) is 8.00. The van der Waals surface area contributed by atoms with Crippen molar-refractivity contribution in [3.8, 4) is 0 Å². The summed E-state index contributed by atoms with van der Waals surface area (Å²) in [7, 11) is 0. The molecule has 0 atom stereocenters. The fourth-order valence-corrected chi connectivity index (χ4v) is 4.04. The van der Waals surface area contributed by atoms with Crippen LogP contribution in [0, 0.1) is 5.92 Å². The number of carbonyl (C=O) groups is 1. The van der Waals surface area contributed by atoms with Gasteiger partial charge in [-0.25, -0.2) is 0 Å². The maximum Gasteiger partial charge on any atom is 0.160 e. The summed E-state index contributed by atoms with van der Waals surface area (Å²) in [5, 5.41) is 15.5. The van der Waals surface area contributed by atoms with Gasteiger partial charge in [-0.15, -0.1) is 0 Å². The first kappa shape index (κ1) is 17.7. The van der Waals surface area contributed by atoms with Gasteiger partial charge in [-0.05, 0) is 50.3 Å².